The van der Waals surface area contributed by atoms with Crippen molar-refractivity contribution in [3.63, 3.8) is 0 Å². The Morgan fingerprint density at radius 3 is 2.60 bits per heavy atom. The van der Waals surface area contributed by atoms with Gasteiger partial charge in [0.2, 0.25) is 0 Å². The van der Waals surface area contributed by atoms with Crippen LogP contribution < -0.4 is 4.74 Å². The van der Waals surface area contributed by atoms with Crippen LogP contribution in [0.2, 0.25) is 5.02 Å². The molecule has 0 atom stereocenters. The predicted octanol–water partition coefficient (Wildman–Crippen LogP) is 4.16. The molecule has 2 aromatic rings. The summed E-state index contributed by atoms with van der Waals surface area (Å²) in [5.41, 5.74) is 3.43. The number of ether oxygens (including phenoxy) is 1. The van der Waals surface area contributed by atoms with Crippen molar-refractivity contribution in [1.29, 1.82) is 5.26 Å². The van der Waals surface area contributed by atoms with Gasteiger partial charge in [0.05, 0.1) is 7.11 Å². The quantitative estimate of drug-likeness (QED) is 0.736. The maximum Gasteiger partial charge on any atom is 0.185 e. The van der Waals surface area contributed by atoms with Crippen molar-refractivity contribution in [2.45, 2.75) is 13.3 Å². The van der Waals surface area contributed by atoms with E-state index in [2.05, 4.69) is 0 Å². The molecule has 0 bridgehead atoms. The van der Waals surface area contributed by atoms with Crippen LogP contribution in [0.1, 0.15) is 22.3 Å². The van der Waals surface area contributed by atoms with Gasteiger partial charge in [0, 0.05) is 23.3 Å². The molecule has 0 heterocycles. The molecule has 2 aromatic carbocycles. The van der Waals surface area contributed by atoms with Gasteiger partial charge >= 0.3 is 0 Å². The van der Waals surface area contributed by atoms with E-state index >= 15 is 0 Å². The molecule has 0 aromatic heterocycles. The highest BCUT2D eigenvalue weighted by Gasteiger charge is 2.14. The summed E-state index contributed by atoms with van der Waals surface area (Å²) >= 11 is 6.18. The van der Waals surface area contributed by atoms with E-state index in [0.29, 0.717) is 22.8 Å². The first-order valence-electron chi connectivity index (χ1n) is 7.49. The zero-order valence-electron chi connectivity index (χ0n) is 14.2. The number of hydrogen-bond donors (Lipinski definition) is 0. The minimum atomic E-state index is -3.59. The third kappa shape index (κ3) is 4.62. The summed E-state index contributed by atoms with van der Waals surface area (Å²) in [6, 6.07) is 13.0. The number of methoxy groups -OCH3 is 1. The molecule has 0 radical (unpaired) electrons. The minimum Gasteiger partial charge on any atom is -0.496 e. The topological polar surface area (TPSA) is 67.2 Å². The zero-order valence-corrected chi connectivity index (χ0v) is 15.8. The second-order valence-electron chi connectivity index (χ2n) is 5.69. The van der Waals surface area contributed by atoms with Crippen molar-refractivity contribution < 1.29 is 13.2 Å². The summed E-state index contributed by atoms with van der Waals surface area (Å²) < 4.78 is 28.8. The molecular weight excluding hydrogens is 358 g/mol. The summed E-state index contributed by atoms with van der Waals surface area (Å²) in [5.74, 6) is 0.538. The maximum atomic E-state index is 11.7. The molecule has 0 aliphatic rings. The molecule has 0 aliphatic heterocycles. The molecule has 0 saturated carbocycles. The smallest absolute Gasteiger partial charge is 0.185 e. The van der Waals surface area contributed by atoms with Crippen molar-refractivity contribution in [2.75, 3.05) is 13.4 Å². The SMILES string of the molecule is COc1c(/C=C(\C#N)S(C)(=O)=O)cccc1Cc1ccc(C)c(Cl)c1. The van der Waals surface area contributed by atoms with E-state index in [4.69, 9.17) is 21.6 Å². The Hall–Kier alpha value is -2.29. The third-order valence-electron chi connectivity index (χ3n) is 3.76. The van der Waals surface area contributed by atoms with E-state index in [1.54, 1.807) is 18.2 Å². The van der Waals surface area contributed by atoms with Crippen LogP contribution in [0.15, 0.2) is 41.3 Å². The third-order valence-corrected chi connectivity index (χ3v) is 5.17. The number of sulfone groups is 1. The average molecular weight is 376 g/mol. The van der Waals surface area contributed by atoms with Crippen molar-refractivity contribution in [2.24, 2.45) is 0 Å². The number of nitriles is 1. The maximum absolute atomic E-state index is 11.7. The number of rotatable bonds is 5. The monoisotopic (exact) mass is 375 g/mol. The molecule has 25 heavy (non-hydrogen) atoms. The molecule has 4 nitrogen and oxygen atoms in total. The highest BCUT2D eigenvalue weighted by atomic mass is 35.5. The molecule has 130 valence electrons. The fourth-order valence-corrected chi connectivity index (χ4v) is 3.15. The lowest BCUT2D eigenvalue weighted by molar-refractivity contribution is 0.409. The lowest BCUT2D eigenvalue weighted by atomic mass is 10.00. The normalized spacial score (nSPS) is 11.9. The van der Waals surface area contributed by atoms with E-state index in [-0.39, 0.29) is 4.91 Å². The summed E-state index contributed by atoms with van der Waals surface area (Å²) in [7, 11) is -2.07. The van der Waals surface area contributed by atoms with Crippen LogP contribution in [-0.2, 0) is 16.3 Å². The van der Waals surface area contributed by atoms with Gasteiger partial charge < -0.3 is 4.74 Å². The molecule has 0 N–H and O–H groups in total. The molecular formula is C19H18ClNO3S. The highest BCUT2D eigenvalue weighted by molar-refractivity contribution is 7.95. The molecule has 0 unspecified atom stereocenters. The van der Waals surface area contributed by atoms with Crippen LogP contribution in [0.5, 0.6) is 5.75 Å². The van der Waals surface area contributed by atoms with Crippen molar-refractivity contribution in [3.05, 3.63) is 68.6 Å². The summed E-state index contributed by atoms with van der Waals surface area (Å²) in [5, 5.41) is 9.79. The number of allylic oxidation sites excluding steroid dienone is 1. The lowest BCUT2D eigenvalue weighted by Gasteiger charge is -2.12. The van der Waals surface area contributed by atoms with Crippen molar-refractivity contribution in [1.82, 2.24) is 0 Å². The Morgan fingerprint density at radius 2 is 2.04 bits per heavy atom. The highest BCUT2D eigenvalue weighted by Crippen LogP contribution is 2.29. The van der Waals surface area contributed by atoms with Crippen LogP contribution >= 0.6 is 11.6 Å². The first-order chi connectivity index (χ1) is 11.8. The van der Waals surface area contributed by atoms with E-state index in [1.165, 1.54) is 13.2 Å². The van der Waals surface area contributed by atoms with Crippen LogP contribution in [0, 0.1) is 18.3 Å². The van der Waals surface area contributed by atoms with Crippen LogP contribution in [-0.4, -0.2) is 21.8 Å². The van der Waals surface area contributed by atoms with E-state index in [1.807, 2.05) is 31.2 Å². The Morgan fingerprint density at radius 1 is 1.32 bits per heavy atom. The number of para-hydroxylation sites is 1. The Kier molecular flexibility index (Phi) is 5.89. The average Bonchev–Trinajstić information content (AvgIpc) is 2.55. The zero-order chi connectivity index (χ0) is 18.6. The van der Waals surface area contributed by atoms with Gasteiger partial charge in [0.15, 0.2) is 9.84 Å². The Labute approximate surface area is 153 Å². The molecule has 0 aliphatic carbocycles. The largest absolute Gasteiger partial charge is 0.496 e. The Bertz CT molecular complexity index is 973. The van der Waals surface area contributed by atoms with E-state index in [9.17, 15) is 8.42 Å². The first kappa shape index (κ1) is 19.0. The molecule has 2 rings (SSSR count). The summed E-state index contributed by atoms with van der Waals surface area (Å²) in [6.45, 7) is 1.94. The molecule has 0 saturated heterocycles. The summed E-state index contributed by atoms with van der Waals surface area (Å²) in [6.07, 6.45) is 2.91. The second-order valence-corrected chi connectivity index (χ2v) is 8.08. The van der Waals surface area contributed by atoms with Gasteiger partial charge in [-0.25, -0.2) is 8.42 Å². The molecule has 0 spiro atoms. The van der Waals surface area contributed by atoms with E-state index in [0.717, 1.165) is 22.9 Å². The van der Waals surface area contributed by atoms with Gasteiger partial charge in [-0.05, 0) is 35.8 Å². The number of benzene rings is 2. The second kappa shape index (κ2) is 7.73. The van der Waals surface area contributed by atoms with Crippen LogP contribution in [0.25, 0.3) is 6.08 Å². The van der Waals surface area contributed by atoms with Crippen LogP contribution in [0.3, 0.4) is 0 Å². The van der Waals surface area contributed by atoms with Gasteiger partial charge in [-0.2, -0.15) is 5.26 Å². The molecule has 6 heteroatoms. The van der Waals surface area contributed by atoms with Gasteiger partial charge in [0.1, 0.15) is 16.7 Å². The van der Waals surface area contributed by atoms with E-state index < -0.39 is 9.84 Å². The first-order valence-corrected chi connectivity index (χ1v) is 9.76. The van der Waals surface area contributed by atoms with Crippen LogP contribution in [0.4, 0.5) is 0 Å². The standard InChI is InChI=1S/C19H18ClNO3S/c1-13-7-8-14(10-18(13)20)9-15-5-4-6-16(19(15)24-2)11-17(12-21)25(3,22)23/h4-8,10-11H,9H2,1-3H3/b17-11+. The minimum absolute atomic E-state index is 0.304. The van der Waals surface area contributed by atoms with Gasteiger partial charge in [0.25, 0.3) is 0 Å². The number of hydrogen-bond acceptors (Lipinski definition) is 4. The molecule has 0 fully saturated rings. The van der Waals surface area contributed by atoms with Crippen molar-refractivity contribution >= 4 is 27.5 Å². The Balaban J connectivity index is 2.50. The summed E-state index contributed by atoms with van der Waals surface area (Å²) in [4.78, 5) is -0.304. The predicted molar refractivity (Wildman–Crippen MR) is 100 cm³/mol. The lowest BCUT2D eigenvalue weighted by Crippen LogP contribution is -2.00. The number of aryl methyl sites for hydroxylation is 1. The van der Waals surface area contributed by atoms with Gasteiger partial charge in [-0.3, -0.25) is 0 Å². The van der Waals surface area contributed by atoms with Crippen molar-refractivity contribution in [3.8, 4) is 11.8 Å². The number of nitrogens with zero attached hydrogens (tertiary/aromatic N) is 1. The fourth-order valence-electron chi connectivity index (χ4n) is 2.44. The fraction of sp³-hybridized carbons (Fsp3) is 0.211. The van der Waals surface area contributed by atoms with Gasteiger partial charge in [-0.1, -0.05) is 41.9 Å². The molecule has 0 amide bonds. The van der Waals surface area contributed by atoms with Gasteiger partial charge in [-0.15, -0.1) is 0 Å². The number of halogens is 1.